The minimum absolute atomic E-state index is 0.0811. The van der Waals surface area contributed by atoms with E-state index in [2.05, 4.69) is 15.3 Å². The molecule has 0 radical (unpaired) electrons. The first-order valence-corrected chi connectivity index (χ1v) is 11.6. The summed E-state index contributed by atoms with van der Waals surface area (Å²) in [5.41, 5.74) is 0.902. The van der Waals surface area contributed by atoms with Crippen LogP contribution in [0.15, 0.2) is 47.3 Å². The molecule has 0 aliphatic rings. The number of nitrogens with one attached hydrogen (secondary N) is 1. The van der Waals surface area contributed by atoms with E-state index >= 15 is 0 Å². The van der Waals surface area contributed by atoms with Gasteiger partial charge in [0.15, 0.2) is 11.5 Å². The molecule has 4 aromatic rings. The van der Waals surface area contributed by atoms with Gasteiger partial charge in [0.2, 0.25) is 0 Å². The van der Waals surface area contributed by atoms with Crippen LogP contribution in [0.1, 0.15) is 47.5 Å². The molecule has 0 unspecified atom stereocenters. The Labute approximate surface area is 211 Å². The second-order valence-corrected chi connectivity index (χ2v) is 8.67. The van der Waals surface area contributed by atoms with Crippen molar-refractivity contribution < 1.29 is 22.6 Å². The second-order valence-electron chi connectivity index (χ2n) is 8.67. The minimum Gasteiger partial charge on any atom is -0.493 e. The molecule has 2 aromatic heterocycles. The van der Waals surface area contributed by atoms with Gasteiger partial charge in [-0.15, -0.1) is 0 Å². The average molecular weight is 513 g/mol. The largest absolute Gasteiger partial charge is 0.493 e. The molecule has 194 valence electrons. The summed E-state index contributed by atoms with van der Waals surface area (Å²) in [6, 6.07) is 10.3. The lowest BCUT2D eigenvalue weighted by atomic mass is 10.0. The number of aromatic nitrogens is 3. The van der Waals surface area contributed by atoms with Crippen molar-refractivity contribution in [1.82, 2.24) is 14.5 Å². The predicted molar refractivity (Wildman–Crippen MR) is 135 cm³/mol. The number of methoxy groups -OCH3 is 2. The number of fused-ring (bicyclic) bond motifs is 1. The summed E-state index contributed by atoms with van der Waals surface area (Å²) in [5.74, 6) is 0.910. The molecule has 0 bridgehead atoms. The molecule has 0 aliphatic heterocycles. The number of alkyl halides is 2. The van der Waals surface area contributed by atoms with Gasteiger partial charge in [-0.05, 0) is 37.6 Å². The van der Waals surface area contributed by atoms with Gasteiger partial charge in [0.25, 0.3) is 12.0 Å². The van der Waals surface area contributed by atoms with Crippen LogP contribution in [-0.4, -0.2) is 28.8 Å². The summed E-state index contributed by atoms with van der Waals surface area (Å²) < 4.78 is 53.3. The van der Waals surface area contributed by atoms with E-state index < -0.39 is 23.8 Å². The van der Waals surface area contributed by atoms with Crippen LogP contribution in [0, 0.1) is 12.7 Å². The van der Waals surface area contributed by atoms with Crippen molar-refractivity contribution in [2.75, 3.05) is 19.5 Å². The Kier molecular flexibility index (Phi) is 7.37. The Hall–Kier alpha value is -4.08. The number of rotatable bonds is 8. The van der Waals surface area contributed by atoms with Crippen LogP contribution >= 0.6 is 0 Å². The van der Waals surface area contributed by atoms with Gasteiger partial charge in [0.1, 0.15) is 23.1 Å². The van der Waals surface area contributed by atoms with Gasteiger partial charge in [-0.25, -0.2) is 23.1 Å². The summed E-state index contributed by atoms with van der Waals surface area (Å²) in [5, 5.41) is 3.67. The van der Waals surface area contributed by atoms with E-state index in [1.54, 1.807) is 46.2 Å². The molecule has 7 nitrogen and oxygen atoms in total. The van der Waals surface area contributed by atoms with E-state index in [1.165, 1.54) is 23.8 Å². The first kappa shape index (κ1) is 26.0. The SMILES string of the molecule is COc1ccc(Cc2cc3c(N[C@H](C)c4cccc(C(F)F)c4F)nc(C)nc3n(C)c2=O)cc1OC. The Morgan fingerprint density at radius 2 is 1.73 bits per heavy atom. The molecule has 0 saturated heterocycles. The van der Waals surface area contributed by atoms with Gasteiger partial charge in [0, 0.05) is 24.6 Å². The summed E-state index contributed by atoms with van der Waals surface area (Å²) >= 11 is 0. The minimum atomic E-state index is -2.93. The van der Waals surface area contributed by atoms with E-state index in [4.69, 9.17) is 9.47 Å². The molecular formula is C27H27F3N4O3. The zero-order valence-electron chi connectivity index (χ0n) is 21.1. The zero-order chi connectivity index (χ0) is 26.9. The number of halogens is 3. The van der Waals surface area contributed by atoms with Crippen molar-refractivity contribution >= 4 is 16.9 Å². The Bertz CT molecular complexity index is 1520. The summed E-state index contributed by atoms with van der Waals surface area (Å²) in [4.78, 5) is 22.1. The molecule has 0 fully saturated rings. The lowest BCUT2D eigenvalue weighted by Gasteiger charge is -2.19. The molecule has 10 heteroatoms. The Morgan fingerprint density at radius 3 is 2.41 bits per heavy atom. The lowest BCUT2D eigenvalue weighted by molar-refractivity contribution is 0.146. The fourth-order valence-electron chi connectivity index (χ4n) is 4.30. The Balaban J connectivity index is 1.78. The molecule has 0 amide bonds. The highest BCUT2D eigenvalue weighted by Gasteiger charge is 2.21. The van der Waals surface area contributed by atoms with Crippen LogP contribution in [-0.2, 0) is 13.5 Å². The van der Waals surface area contributed by atoms with Crippen molar-refractivity contribution in [2.45, 2.75) is 32.7 Å². The fraction of sp³-hybridized carbons (Fsp3) is 0.296. The van der Waals surface area contributed by atoms with Gasteiger partial charge in [-0.1, -0.05) is 24.3 Å². The maximum atomic E-state index is 14.8. The summed E-state index contributed by atoms with van der Waals surface area (Å²) in [6.07, 6.45) is -2.63. The van der Waals surface area contributed by atoms with Crippen molar-refractivity contribution in [3.8, 4) is 11.5 Å². The topological polar surface area (TPSA) is 78.3 Å². The van der Waals surface area contributed by atoms with Crippen molar-refractivity contribution in [3.05, 3.63) is 86.7 Å². The van der Waals surface area contributed by atoms with Gasteiger partial charge in [-0.2, -0.15) is 0 Å². The number of ether oxygens (including phenoxy) is 2. The van der Waals surface area contributed by atoms with Gasteiger partial charge >= 0.3 is 0 Å². The summed E-state index contributed by atoms with van der Waals surface area (Å²) in [6.45, 7) is 3.33. The van der Waals surface area contributed by atoms with Crippen molar-refractivity contribution in [3.63, 3.8) is 0 Å². The standard InChI is InChI=1S/C27H27F3N4O3/c1-14(18-7-6-8-19(23(18)28)24(29)30)31-25-20-13-17(27(35)34(3)26(20)33-15(2)32-25)11-16-9-10-21(36-4)22(12-16)37-5/h6-10,12-14,24H,11H2,1-5H3,(H,31,32,33)/t14-/m1/s1. The first-order valence-electron chi connectivity index (χ1n) is 11.6. The highest BCUT2D eigenvalue weighted by atomic mass is 19.3. The van der Waals surface area contributed by atoms with Crippen LogP contribution in [0.3, 0.4) is 0 Å². The van der Waals surface area contributed by atoms with Crippen LogP contribution in [0.25, 0.3) is 11.0 Å². The van der Waals surface area contributed by atoms with E-state index in [0.29, 0.717) is 46.2 Å². The normalized spacial score (nSPS) is 12.1. The highest BCUT2D eigenvalue weighted by molar-refractivity contribution is 5.87. The average Bonchev–Trinajstić information content (AvgIpc) is 2.87. The predicted octanol–water partition coefficient (Wildman–Crippen LogP) is 5.49. The molecule has 37 heavy (non-hydrogen) atoms. The van der Waals surface area contributed by atoms with Crippen LogP contribution in [0.5, 0.6) is 11.5 Å². The monoisotopic (exact) mass is 512 g/mol. The molecule has 2 heterocycles. The molecule has 4 rings (SSSR count). The van der Waals surface area contributed by atoms with Gasteiger partial charge in [0.05, 0.1) is 31.2 Å². The van der Waals surface area contributed by atoms with E-state index in [0.717, 1.165) is 11.6 Å². The van der Waals surface area contributed by atoms with Gasteiger partial charge < -0.3 is 14.8 Å². The third-order valence-corrected chi connectivity index (χ3v) is 6.21. The highest BCUT2D eigenvalue weighted by Crippen LogP contribution is 2.31. The van der Waals surface area contributed by atoms with Crippen molar-refractivity contribution in [1.29, 1.82) is 0 Å². The van der Waals surface area contributed by atoms with E-state index in [9.17, 15) is 18.0 Å². The Morgan fingerprint density at radius 1 is 1.03 bits per heavy atom. The quantitative estimate of drug-likeness (QED) is 0.336. The molecule has 2 aromatic carbocycles. The lowest BCUT2D eigenvalue weighted by Crippen LogP contribution is -2.23. The first-order chi connectivity index (χ1) is 17.6. The zero-order valence-corrected chi connectivity index (χ0v) is 21.1. The molecule has 1 N–H and O–H groups in total. The number of hydrogen-bond donors (Lipinski definition) is 1. The number of pyridine rings is 1. The van der Waals surface area contributed by atoms with E-state index in [-0.39, 0.29) is 11.1 Å². The number of benzene rings is 2. The third-order valence-electron chi connectivity index (χ3n) is 6.21. The number of aryl methyl sites for hydroxylation is 2. The fourth-order valence-corrected chi connectivity index (χ4v) is 4.30. The smallest absolute Gasteiger partial charge is 0.266 e. The number of anilines is 1. The molecule has 0 spiro atoms. The third kappa shape index (κ3) is 5.09. The van der Waals surface area contributed by atoms with Gasteiger partial charge in [-0.3, -0.25) is 9.36 Å². The molecule has 0 aliphatic carbocycles. The van der Waals surface area contributed by atoms with Crippen molar-refractivity contribution in [2.24, 2.45) is 7.05 Å². The molecule has 1 atom stereocenters. The molecule has 0 saturated carbocycles. The summed E-state index contributed by atoms with van der Waals surface area (Å²) in [7, 11) is 4.70. The number of nitrogens with zero attached hydrogens (tertiary/aromatic N) is 3. The maximum absolute atomic E-state index is 14.8. The van der Waals surface area contributed by atoms with Crippen LogP contribution in [0.2, 0.25) is 0 Å². The van der Waals surface area contributed by atoms with Crippen LogP contribution < -0.4 is 20.3 Å². The molecular weight excluding hydrogens is 485 g/mol. The second kappa shape index (κ2) is 10.5. The maximum Gasteiger partial charge on any atom is 0.266 e. The van der Waals surface area contributed by atoms with E-state index in [1.807, 2.05) is 6.07 Å². The number of hydrogen-bond acceptors (Lipinski definition) is 6. The van der Waals surface area contributed by atoms with Crippen LogP contribution in [0.4, 0.5) is 19.0 Å².